The lowest BCUT2D eigenvalue weighted by molar-refractivity contribution is 0.0645. The third-order valence-electron chi connectivity index (χ3n) is 3.74. The quantitative estimate of drug-likeness (QED) is 0.833. The van der Waals surface area contributed by atoms with Crippen molar-refractivity contribution in [1.82, 2.24) is 10.6 Å². The van der Waals surface area contributed by atoms with E-state index in [1.54, 1.807) is 0 Å². The van der Waals surface area contributed by atoms with Crippen molar-refractivity contribution in [3.8, 4) is 5.75 Å². The highest BCUT2D eigenvalue weighted by molar-refractivity contribution is 5.41. The monoisotopic (exact) mass is 248 g/mol. The summed E-state index contributed by atoms with van der Waals surface area (Å²) >= 11 is 0. The summed E-state index contributed by atoms with van der Waals surface area (Å²) in [6, 6.07) is 7.13. The van der Waals surface area contributed by atoms with Crippen molar-refractivity contribution in [2.45, 2.75) is 18.5 Å². The minimum absolute atomic E-state index is 0.288. The van der Waals surface area contributed by atoms with Crippen molar-refractivity contribution in [1.29, 1.82) is 0 Å². The number of morpholine rings is 1. The molecule has 2 N–H and O–H groups in total. The van der Waals surface area contributed by atoms with Gasteiger partial charge in [-0.15, -0.1) is 0 Å². The van der Waals surface area contributed by atoms with Crippen LogP contribution in [-0.4, -0.2) is 39.5 Å². The van der Waals surface area contributed by atoms with Crippen molar-refractivity contribution in [2.75, 3.05) is 33.4 Å². The molecule has 18 heavy (non-hydrogen) atoms. The topological polar surface area (TPSA) is 42.5 Å². The highest BCUT2D eigenvalue weighted by Gasteiger charge is 2.25. The van der Waals surface area contributed by atoms with Gasteiger partial charge in [-0.2, -0.15) is 0 Å². The third kappa shape index (κ3) is 2.23. The molecule has 0 aliphatic carbocycles. The third-order valence-corrected chi connectivity index (χ3v) is 3.74. The summed E-state index contributed by atoms with van der Waals surface area (Å²) in [5.74, 6) is 1.04. The van der Waals surface area contributed by atoms with Crippen molar-refractivity contribution in [3.05, 3.63) is 29.3 Å². The van der Waals surface area contributed by atoms with Crippen LogP contribution in [0, 0.1) is 0 Å². The summed E-state index contributed by atoms with van der Waals surface area (Å²) in [4.78, 5) is 0. The first-order valence-corrected chi connectivity index (χ1v) is 6.62. The van der Waals surface area contributed by atoms with Gasteiger partial charge >= 0.3 is 0 Å². The summed E-state index contributed by atoms with van der Waals surface area (Å²) in [7, 11) is 2.00. The van der Waals surface area contributed by atoms with E-state index in [1.807, 2.05) is 7.05 Å². The van der Waals surface area contributed by atoms with Crippen LogP contribution in [0.5, 0.6) is 5.75 Å². The Morgan fingerprint density at radius 1 is 1.39 bits per heavy atom. The molecule has 2 aliphatic heterocycles. The normalized spacial score (nSPS) is 24.4. The highest BCUT2D eigenvalue weighted by Crippen LogP contribution is 2.29. The Hall–Kier alpha value is -1.10. The molecule has 0 bridgehead atoms. The molecular weight excluding hydrogens is 228 g/mol. The fraction of sp³-hybridized carbons (Fsp3) is 0.571. The molecule has 0 amide bonds. The molecule has 1 saturated heterocycles. The van der Waals surface area contributed by atoms with Crippen LogP contribution in [0.4, 0.5) is 0 Å². The van der Waals surface area contributed by atoms with Crippen molar-refractivity contribution in [2.24, 2.45) is 0 Å². The molecule has 0 spiro atoms. The molecule has 98 valence electrons. The number of hydrogen-bond donors (Lipinski definition) is 2. The zero-order valence-electron chi connectivity index (χ0n) is 10.7. The van der Waals surface area contributed by atoms with E-state index in [4.69, 9.17) is 9.47 Å². The second-order valence-electron chi connectivity index (χ2n) is 4.87. The van der Waals surface area contributed by atoms with Gasteiger partial charge in [0.15, 0.2) is 0 Å². The lowest BCUT2D eigenvalue weighted by Gasteiger charge is -2.31. The van der Waals surface area contributed by atoms with E-state index in [0.29, 0.717) is 6.04 Å². The molecule has 4 nitrogen and oxygen atoms in total. The fourth-order valence-corrected chi connectivity index (χ4v) is 2.80. The van der Waals surface area contributed by atoms with Gasteiger partial charge < -0.3 is 20.1 Å². The average Bonchev–Trinajstić information content (AvgIpc) is 2.88. The van der Waals surface area contributed by atoms with Crippen LogP contribution in [0.1, 0.15) is 17.2 Å². The van der Waals surface area contributed by atoms with Crippen LogP contribution in [0.2, 0.25) is 0 Å². The molecule has 2 unspecified atom stereocenters. The van der Waals surface area contributed by atoms with Crippen molar-refractivity contribution < 1.29 is 9.47 Å². The van der Waals surface area contributed by atoms with E-state index in [1.165, 1.54) is 11.1 Å². The average molecular weight is 248 g/mol. The van der Waals surface area contributed by atoms with Crippen molar-refractivity contribution >= 4 is 0 Å². The minimum Gasteiger partial charge on any atom is -0.493 e. The number of ether oxygens (including phenoxy) is 2. The first-order chi connectivity index (χ1) is 8.88. The molecule has 2 heterocycles. The Bertz CT molecular complexity index is 416. The molecule has 1 aromatic carbocycles. The molecular formula is C14H20N2O2. The second kappa shape index (κ2) is 5.26. The zero-order chi connectivity index (χ0) is 12.4. The number of nitrogens with one attached hydrogen (secondary N) is 2. The smallest absolute Gasteiger partial charge is 0.122 e. The maximum atomic E-state index is 5.55. The highest BCUT2D eigenvalue weighted by atomic mass is 16.5. The molecule has 4 heteroatoms. The van der Waals surface area contributed by atoms with Crippen LogP contribution in [0.3, 0.4) is 0 Å². The SMILES string of the molecule is CNC(c1ccc2c(c1)CCO2)C1COCCN1. The molecule has 2 aliphatic rings. The summed E-state index contributed by atoms with van der Waals surface area (Å²) in [6.07, 6.45) is 1.02. The summed E-state index contributed by atoms with van der Waals surface area (Å²) in [5, 5.41) is 6.91. The Morgan fingerprint density at radius 3 is 3.11 bits per heavy atom. The standard InChI is InChI=1S/C14H20N2O2/c1-15-14(12-9-17-7-5-16-12)11-2-3-13-10(8-11)4-6-18-13/h2-3,8,12,14-16H,4-7,9H2,1H3. The van der Waals surface area contributed by atoms with Gasteiger partial charge in [-0.25, -0.2) is 0 Å². The molecule has 1 aromatic rings. The molecule has 2 atom stereocenters. The van der Waals surface area contributed by atoms with Crippen LogP contribution in [0.25, 0.3) is 0 Å². The predicted molar refractivity (Wildman–Crippen MR) is 70.1 cm³/mol. The number of fused-ring (bicyclic) bond motifs is 1. The van der Waals surface area contributed by atoms with E-state index in [2.05, 4.69) is 28.8 Å². The van der Waals surface area contributed by atoms with Gasteiger partial charge in [-0.05, 0) is 24.2 Å². The Balaban J connectivity index is 1.82. The maximum absolute atomic E-state index is 5.55. The van der Waals surface area contributed by atoms with E-state index < -0.39 is 0 Å². The minimum atomic E-state index is 0.288. The number of likely N-dealkylation sites (N-methyl/N-ethyl adjacent to an activating group) is 1. The van der Waals surface area contributed by atoms with Gasteiger partial charge in [0.2, 0.25) is 0 Å². The maximum Gasteiger partial charge on any atom is 0.122 e. The number of rotatable bonds is 3. The fourth-order valence-electron chi connectivity index (χ4n) is 2.80. The zero-order valence-corrected chi connectivity index (χ0v) is 10.7. The summed E-state index contributed by atoms with van der Waals surface area (Å²) in [5.41, 5.74) is 2.63. The molecule has 0 radical (unpaired) electrons. The van der Waals surface area contributed by atoms with Crippen LogP contribution in [0.15, 0.2) is 18.2 Å². The van der Waals surface area contributed by atoms with E-state index in [9.17, 15) is 0 Å². The van der Waals surface area contributed by atoms with Gasteiger partial charge in [0.1, 0.15) is 5.75 Å². The van der Waals surface area contributed by atoms with Gasteiger partial charge in [0, 0.05) is 19.0 Å². The number of hydrogen-bond acceptors (Lipinski definition) is 4. The van der Waals surface area contributed by atoms with Crippen LogP contribution in [-0.2, 0) is 11.2 Å². The lowest BCUT2D eigenvalue weighted by Crippen LogP contribution is -2.48. The van der Waals surface area contributed by atoms with Gasteiger partial charge in [-0.3, -0.25) is 0 Å². The number of benzene rings is 1. The second-order valence-corrected chi connectivity index (χ2v) is 4.87. The molecule has 3 rings (SSSR count). The van der Waals surface area contributed by atoms with Crippen LogP contribution >= 0.6 is 0 Å². The van der Waals surface area contributed by atoms with E-state index in [-0.39, 0.29) is 6.04 Å². The Morgan fingerprint density at radius 2 is 2.33 bits per heavy atom. The molecule has 0 saturated carbocycles. The molecule has 1 fully saturated rings. The summed E-state index contributed by atoms with van der Waals surface area (Å²) < 4.78 is 11.1. The predicted octanol–water partition coefficient (Wildman–Crippen LogP) is 0.870. The first-order valence-electron chi connectivity index (χ1n) is 6.62. The lowest BCUT2D eigenvalue weighted by atomic mass is 9.96. The van der Waals surface area contributed by atoms with Gasteiger partial charge in [0.25, 0.3) is 0 Å². The van der Waals surface area contributed by atoms with Crippen molar-refractivity contribution in [3.63, 3.8) is 0 Å². The van der Waals surface area contributed by atoms with Gasteiger partial charge in [-0.1, -0.05) is 12.1 Å². The Kier molecular flexibility index (Phi) is 3.50. The first kappa shape index (κ1) is 12.0. The summed E-state index contributed by atoms with van der Waals surface area (Å²) in [6.45, 7) is 3.31. The van der Waals surface area contributed by atoms with Crippen LogP contribution < -0.4 is 15.4 Å². The van der Waals surface area contributed by atoms with E-state index in [0.717, 1.165) is 38.5 Å². The van der Waals surface area contributed by atoms with E-state index >= 15 is 0 Å². The largest absolute Gasteiger partial charge is 0.493 e. The Labute approximate surface area is 108 Å². The molecule has 0 aromatic heterocycles. The van der Waals surface area contributed by atoms with Gasteiger partial charge in [0.05, 0.1) is 25.9 Å².